The van der Waals surface area contributed by atoms with Crippen molar-refractivity contribution in [3.63, 3.8) is 0 Å². The molecule has 0 bridgehead atoms. The second-order valence-corrected chi connectivity index (χ2v) is 3.89. The van der Waals surface area contributed by atoms with Gasteiger partial charge >= 0.3 is 6.09 Å². The Morgan fingerprint density at radius 1 is 1.45 bits per heavy atom. The highest BCUT2D eigenvalue weighted by Gasteiger charge is 2.13. The van der Waals surface area contributed by atoms with Gasteiger partial charge in [-0.2, -0.15) is 19.7 Å². The third kappa shape index (κ3) is 2.91. The molecular weight excluding hydrogens is 266 g/mol. The molecule has 0 fully saturated rings. The van der Waals surface area contributed by atoms with Crippen LogP contribution in [-0.2, 0) is 11.3 Å². The fourth-order valence-corrected chi connectivity index (χ4v) is 1.49. The molecule has 0 spiro atoms. The van der Waals surface area contributed by atoms with Gasteiger partial charge in [-0.25, -0.2) is 4.79 Å². The first-order valence-corrected chi connectivity index (χ1v) is 5.60. The van der Waals surface area contributed by atoms with Crippen LogP contribution in [0.5, 0.6) is 0 Å². The molecular formula is C10H13N7O3. The highest BCUT2D eigenvalue weighted by molar-refractivity contribution is 5.83. The van der Waals surface area contributed by atoms with Gasteiger partial charge < -0.3 is 10.5 Å². The van der Waals surface area contributed by atoms with E-state index in [0.717, 1.165) is 9.48 Å². The third-order valence-corrected chi connectivity index (χ3v) is 2.32. The van der Waals surface area contributed by atoms with Crippen molar-refractivity contribution in [2.45, 2.75) is 13.5 Å². The molecule has 10 nitrogen and oxygen atoms in total. The molecule has 0 aromatic carbocycles. The average Bonchev–Trinajstić information content (AvgIpc) is 2.95. The molecule has 3 N–H and O–H groups in total. The minimum absolute atomic E-state index is 0.159. The number of nitrogens with one attached hydrogen (secondary N) is 1. The van der Waals surface area contributed by atoms with E-state index in [-0.39, 0.29) is 18.2 Å². The number of aromatic nitrogens is 5. The number of carbonyl (C=O) groups is 2. The van der Waals surface area contributed by atoms with Crippen LogP contribution >= 0.6 is 0 Å². The zero-order valence-corrected chi connectivity index (χ0v) is 10.9. The number of nitrogens with zero attached hydrogens (tertiary/aromatic N) is 5. The SMILES string of the molecule is COC(=O)Nc1cnn(CC(=O)n2nc(C)cc2N)n1. The van der Waals surface area contributed by atoms with E-state index in [1.54, 1.807) is 13.0 Å². The molecule has 0 aliphatic heterocycles. The Bertz CT molecular complexity index is 645. The Labute approximate surface area is 113 Å². The molecule has 106 valence electrons. The standard InChI is InChI=1S/C10H13N7O3/c1-6-3-7(11)17(14-6)9(18)5-16-12-4-8(15-16)13-10(19)20-2/h3-4H,5,11H2,1-2H3,(H,13,15,19). The second-order valence-electron chi connectivity index (χ2n) is 3.89. The molecule has 0 radical (unpaired) electrons. The maximum atomic E-state index is 11.9. The lowest BCUT2D eigenvalue weighted by atomic mass is 10.5. The van der Waals surface area contributed by atoms with Gasteiger partial charge in [0.25, 0.3) is 5.91 Å². The quantitative estimate of drug-likeness (QED) is 0.801. The summed E-state index contributed by atoms with van der Waals surface area (Å²) >= 11 is 0. The van der Waals surface area contributed by atoms with Gasteiger partial charge in [-0.3, -0.25) is 10.1 Å². The van der Waals surface area contributed by atoms with Crippen molar-refractivity contribution < 1.29 is 14.3 Å². The Morgan fingerprint density at radius 3 is 2.80 bits per heavy atom. The van der Waals surface area contributed by atoms with Gasteiger partial charge in [-0.1, -0.05) is 0 Å². The molecule has 2 aromatic rings. The first-order valence-electron chi connectivity index (χ1n) is 5.60. The summed E-state index contributed by atoms with van der Waals surface area (Å²) < 4.78 is 5.48. The molecule has 0 saturated carbocycles. The highest BCUT2D eigenvalue weighted by Crippen LogP contribution is 2.06. The van der Waals surface area contributed by atoms with Gasteiger partial charge in [-0.15, -0.1) is 5.10 Å². The predicted molar refractivity (Wildman–Crippen MR) is 68.1 cm³/mol. The predicted octanol–water partition coefficient (Wildman–Crippen LogP) is -0.116. The number of anilines is 2. The molecule has 10 heteroatoms. The van der Waals surface area contributed by atoms with Crippen molar-refractivity contribution >= 4 is 23.6 Å². The summed E-state index contributed by atoms with van der Waals surface area (Å²) in [7, 11) is 1.23. The van der Waals surface area contributed by atoms with Gasteiger partial charge in [0.15, 0.2) is 5.82 Å². The van der Waals surface area contributed by atoms with Crippen LogP contribution in [-0.4, -0.2) is 43.9 Å². The molecule has 0 aliphatic carbocycles. The molecule has 20 heavy (non-hydrogen) atoms. The number of aryl methyl sites for hydroxylation is 1. The highest BCUT2D eigenvalue weighted by atomic mass is 16.5. The zero-order valence-electron chi connectivity index (χ0n) is 10.9. The van der Waals surface area contributed by atoms with E-state index in [2.05, 4.69) is 25.3 Å². The lowest BCUT2D eigenvalue weighted by molar-refractivity contribution is 0.0867. The van der Waals surface area contributed by atoms with Crippen LogP contribution in [0.1, 0.15) is 10.5 Å². The van der Waals surface area contributed by atoms with Crippen LogP contribution in [0.25, 0.3) is 0 Å². The van der Waals surface area contributed by atoms with Crippen LogP contribution in [0.4, 0.5) is 16.4 Å². The summed E-state index contributed by atoms with van der Waals surface area (Å²) in [5.41, 5.74) is 6.28. The summed E-state index contributed by atoms with van der Waals surface area (Å²) in [6.45, 7) is 1.57. The maximum absolute atomic E-state index is 11.9. The molecule has 2 aromatic heterocycles. The van der Waals surface area contributed by atoms with E-state index in [0.29, 0.717) is 5.69 Å². The van der Waals surface area contributed by atoms with Crippen molar-refractivity contribution in [1.82, 2.24) is 24.8 Å². The Hall–Kier alpha value is -2.91. The number of carbonyl (C=O) groups excluding carboxylic acids is 2. The second kappa shape index (κ2) is 5.38. The number of nitrogen functional groups attached to an aromatic ring is 1. The van der Waals surface area contributed by atoms with Crippen molar-refractivity contribution in [2.75, 3.05) is 18.2 Å². The molecule has 2 heterocycles. The van der Waals surface area contributed by atoms with E-state index in [9.17, 15) is 9.59 Å². The smallest absolute Gasteiger partial charge is 0.412 e. The fraction of sp³-hybridized carbons (Fsp3) is 0.300. The van der Waals surface area contributed by atoms with Gasteiger partial charge in [0.1, 0.15) is 12.4 Å². The number of nitrogens with two attached hydrogens (primary N) is 1. The minimum atomic E-state index is -0.671. The van der Waals surface area contributed by atoms with Gasteiger partial charge in [-0.05, 0) is 6.92 Å². The number of ether oxygens (including phenoxy) is 1. The molecule has 0 atom stereocenters. The fourth-order valence-electron chi connectivity index (χ4n) is 1.49. The van der Waals surface area contributed by atoms with Crippen molar-refractivity contribution in [2.24, 2.45) is 0 Å². The summed E-state index contributed by atoms with van der Waals surface area (Å²) in [5, 5.41) is 14.0. The van der Waals surface area contributed by atoms with E-state index >= 15 is 0 Å². The zero-order chi connectivity index (χ0) is 14.7. The third-order valence-electron chi connectivity index (χ3n) is 2.32. The molecule has 2 rings (SSSR count). The first-order chi connectivity index (χ1) is 9.49. The van der Waals surface area contributed by atoms with Crippen LogP contribution in [0.2, 0.25) is 0 Å². The van der Waals surface area contributed by atoms with Gasteiger partial charge in [0.05, 0.1) is 19.0 Å². The summed E-state index contributed by atoms with van der Waals surface area (Å²) in [6.07, 6.45) is 0.623. The topological polar surface area (TPSA) is 130 Å². The monoisotopic (exact) mass is 279 g/mol. The van der Waals surface area contributed by atoms with Gasteiger partial charge in [0.2, 0.25) is 0 Å². The number of hydrogen-bond acceptors (Lipinski definition) is 7. The molecule has 0 unspecified atom stereocenters. The number of amides is 1. The molecule has 1 amide bonds. The normalized spacial score (nSPS) is 10.3. The van der Waals surface area contributed by atoms with E-state index < -0.39 is 12.0 Å². The largest absolute Gasteiger partial charge is 0.453 e. The Kier molecular flexibility index (Phi) is 3.64. The first kappa shape index (κ1) is 13.5. The maximum Gasteiger partial charge on any atom is 0.412 e. The van der Waals surface area contributed by atoms with Crippen LogP contribution in [0.15, 0.2) is 12.3 Å². The minimum Gasteiger partial charge on any atom is -0.453 e. The lowest BCUT2D eigenvalue weighted by Gasteiger charge is -2.02. The van der Waals surface area contributed by atoms with Gasteiger partial charge in [0, 0.05) is 6.07 Å². The molecule has 0 saturated heterocycles. The van der Waals surface area contributed by atoms with E-state index in [1.807, 2.05) is 0 Å². The summed E-state index contributed by atoms with van der Waals surface area (Å²) in [5.74, 6) is 0.0256. The van der Waals surface area contributed by atoms with Crippen molar-refractivity contribution in [1.29, 1.82) is 0 Å². The van der Waals surface area contributed by atoms with Crippen molar-refractivity contribution in [3.8, 4) is 0 Å². The summed E-state index contributed by atoms with van der Waals surface area (Å²) in [6, 6.07) is 1.58. The Morgan fingerprint density at radius 2 is 2.20 bits per heavy atom. The number of hydrogen-bond donors (Lipinski definition) is 2. The van der Waals surface area contributed by atoms with Crippen LogP contribution in [0.3, 0.4) is 0 Å². The lowest BCUT2D eigenvalue weighted by Crippen LogP contribution is -2.22. The Balaban J connectivity index is 2.05. The van der Waals surface area contributed by atoms with E-state index in [4.69, 9.17) is 5.73 Å². The number of rotatable bonds is 3. The van der Waals surface area contributed by atoms with Crippen molar-refractivity contribution in [3.05, 3.63) is 18.0 Å². The number of methoxy groups -OCH3 is 1. The molecule has 0 aliphatic rings. The van der Waals surface area contributed by atoms with E-state index in [1.165, 1.54) is 13.3 Å². The van der Waals surface area contributed by atoms with Crippen LogP contribution < -0.4 is 11.1 Å². The van der Waals surface area contributed by atoms with Crippen LogP contribution in [0, 0.1) is 6.92 Å². The summed E-state index contributed by atoms with van der Waals surface area (Å²) in [4.78, 5) is 24.0. The average molecular weight is 279 g/mol.